The summed E-state index contributed by atoms with van der Waals surface area (Å²) in [6.07, 6.45) is 0.289. The molecule has 0 atom stereocenters. The van der Waals surface area contributed by atoms with Crippen LogP contribution in [0.3, 0.4) is 0 Å². The molecule has 30 heavy (non-hydrogen) atoms. The smallest absolute Gasteiger partial charge is 0.306 e. The quantitative estimate of drug-likeness (QED) is 0.419. The van der Waals surface area contributed by atoms with E-state index in [0.717, 1.165) is 5.56 Å². The van der Waals surface area contributed by atoms with Crippen LogP contribution in [0.2, 0.25) is 0 Å². The molecule has 0 fully saturated rings. The second-order valence-electron chi connectivity index (χ2n) is 5.94. The highest BCUT2D eigenvalue weighted by molar-refractivity contribution is 7.99. The van der Waals surface area contributed by atoms with E-state index in [9.17, 15) is 26.8 Å². The van der Waals surface area contributed by atoms with Gasteiger partial charge in [0.2, 0.25) is 10.0 Å². The Kier molecular flexibility index (Phi) is 8.75. The summed E-state index contributed by atoms with van der Waals surface area (Å²) in [5.41, 5.74) is 0.935. The predicted molar refractivity (Wildman–Crippen MR) is 109 cm³/mol. The molecule has 0 unspecified atom stereocenters. The molecule has 0 radical (unpaired) electrons. The van der Waals surface area contributed by atoms with Crippen molar-refractivity contribution in [2.45, 2.75) is 28.4 Å². The van der Waals surface area contributed by atoms with E-state index in [0.29, 0.717) is 18.2 Å². The fraction of sp³-hybridized carbons (Fsp3) is 0.263. The highest BCUT2D eigenvalue weighted by Gasteiger charge is 2.14. The second kappa shape index (κ2) is 11.0. The van der Waals surface area contributed by atoms with Crippen molar-refractivity contribution in [1.29, 1.82) is 0 Å². The zero-order valence-corrected chi connectivity index (χ0v) is 17.6. The van der Waals surface area contributed by atoms with Crippen molar-refractivity contribution in [1.82, 2.24) is 4.72 Å². The van der Waals surface area contributed by atoms with E-state index in [4.69, 9.17) is 4.74 Å². The largest absolute Gasteiger partial charge is 0.456 e. The van der Waals surface area contributed by atoms with Crippen LogP contribution in [0.5, 0.6) is 0 Å². The van der Waals surface area contributed by atoms with Gasteiger partial charge in [-0.3, -0.25) is 9.59 Å². The zero-order valence-electron chi connectivity index (χ0n) is 15.9. The first-order valence-electron chi connectivity index (χ1n) is 8.73. The van der Waals surface area contributed by atoms with Crippen LogP contribution in [0.15, 0.2) is 58.3 Å². The van der Waals surface area contributed by atoms with Crippen molar-refractivity contribution >= 4 is 39.3 Å². The van der Waals surface area contributed by atoms with Crippen LogP contribution < -0.4 is 10.0 Å². The van der Waals surface area contributed by atoms with Gasteiger partial charge in [-0.25, -0.2) is 13.1 Å². The van der Waals surface area contributed by atoms with Gasteiger partial charge in [-0.2, -0.15) is 8.78 Å². The second-order valence-corrected chi connectivity index (χ2v) is 8.85. The Bertz CT molecular complexity index is 983. The number of nitrogens with one attached hydrogen (secondary N) is 2. The molecule has 162 valence electrons. The lowest BCUT2D eigenvalue weighted by Crippen LogP contribution is -2.21. The van der Waals surface area contributed by atoms with Gasteiger partial charge in [-0.15, -0.1) is 0 Å². The van der Waals surface area contributed by atoms with Crippen molar-refractivity contribution in [3.05, 3.63) is 54.1 Å². The number of rotatable bonds is 10. The minimum Gasteiger partial charge on any atom is -0.456 e. The van der Waals surface area contributed by atoms with Crippen LogP contribution >= 0.6 is 11.8 Å². The molecule has 0 heterocycles. The Balaban J connectivity index is 1.80. The molecule has 2 rings (SSSR count). The number of para-hydroxylation sites is 1. The number of esters is 1. The Morgan fingerprint density at radius 2 is 1.77 bits per heavy atom. The lowest BCUT2D eigenvalue weighted by atomic mass is 10.1. The van der Waals surface area contributed by atoms with E-state index < -0.39 is 34.3 Å². The number of thioether (sulfide) groups is 1. The maximum absolute atomic E-state index is 12.6. The molecular formula is C19H20F2N2O5S2. The van der Waals surface area contributed by atoms with Crippen LogP contribution in [-0.2, 0) is 30.8 Å². The Hall–Kier alpha value is -2.50. The normalized spacial score (nSPS) is 11.3. The van der Waals surface area contributed by atoms with Crippen LogP contribution in [0.4, 0.5) is 14.5 Å². The highest BCUT2D eigenvalue weighted by Crippen LogP contribution is 2.31. The first-order valence-corrected chi connectivity index (χ1v) is 11.1. The highest BCUT2D eigenvalue weighted by atomic mass is 32.2. The SMILES string of the molecule is CNS(=O)(=O)c1ccc(CCC(=O)OCC(=O)Nc2ccccc2SC(F)F)cc1. The maximum Gasteiger partial charge on any atom is 0.306 e. The third kappa shape index (κ3) is 7.39. The summed E-state index contributed by atoms with van der Waals surface area (Å²) in [5, 5.41) is 2.44. The van der Waals surface area contributed by atoms with E-state index >= 15 is 0 Å². The molecule has 0 spiro atoms. The first kappa shape index (κ1) is 23.8. The molecule has 11 heteroatoms. The van der Waals surface area contributed by atoms with Crippen LogP contribution in [0.1, 0.15) is 12.0 Å². The molecule has 2 N–H and O–H groups in total. The zero-order chi connectivity index (χ0) is 22.1. The van der Waals surface area contributed by atoms with Crippen LogP contribution in [0, 0.1) is 0 Å². The summed E-state index contributed by atoms with van der Waals surface area (Å²) >= 11 is 0.304. The van der Waals surface area contributed by atoms with Gasteiger partial charge in [0.1, 0.15) is 0 Å². The molecule has 0 aliphatic rings. The molecule has 0 saturated carbocycles. The standard InChI is InChI=1S/C19H20F2N2O5S2/c1-22-30(26,27)14-9-6-13(7-10-14)8-11-18(25)28-12-17(24)23-15-4-2-3-5-16(15)29-19(20)21/h2-7,9-10,19,22H,8,11-12H2,1H3,(H,23,24). The third-order valence-electron chi connectivity index (χ3n) is 3.86. The lowest BCUT2D eigenvalue weighted by Gasteiger charge is -2.10. The number of hydrogen-bond acceptors (Lipinski definition) is 6. The van der Waals surface area contributed by atoms with E-state index in [-0.39, 0.29) is 21.9 Å². The van der Waals surface area contributed by atoms with E-state index in [2.05, 4.69) is 10.0 Å². The maximum atomic E-state index is 12.6. The molecule has 2 aromatic carbocycles. The number of carbonyl (C=O) groups is 2. The van der Waals surface area contributed by atoms with Crippen molar-refractivity contribution < 1.29 is 31.5 Å². The number of sulfonamides is 1. The van der Waals surface area contributed by atoms with Gasteiger partial charge in [0, 0.05) is 11.3 Å². The van der Waals surface area contributed by atoms with Gasteiger partial charge in [0.25, 0.3) is 11.7 Å². The summed E-state index contributed by atoms with van der Waals surface area (Å²) in [6, 6.07) is 12.1. The minimum absolute atomic E-state index is 0.0107. The monoisotopic (exact) mass is 458 g/mol. The fourth-order valence-electron chi connectivity index (χ4n) is 2.37. The molecule has 0 aliphatic heterocycles. The van der Waals surface area contributed by atoms with Crippen molar-refractivity contribution in [3.63, 3.8) is 0 Å². The number of ether oxygens (including phenoxy) is 1. The third-order valence-corrected chi connectivity index (χ3v) is 6.08. The number of benzene rings is 2. The molecule has 1 amide bonds. The van der Waals surface area contributed by atoms with E-state index in [1.165, 1.54) is 31.3 Å². The fourth-order valence-corrected chi connectivity index (χ4v) is 3.70. The number of amides is 1. The average Bonchev–Trinajstić information content (AvgIpc) is 2.72. The molecule has 2 aromatic rings. The topological polar surface area (TPSA) is 102 Å². The van der Waals surface area contributed by atoms with Gasteiger partial charge in [-0.1, -0.05) is 36.0 Å². The number of halogens is 2. The Labute approximate surface area is 177 Å². The summed E-state index contributed by atoms with van der Waals surface area (Å²) in [4.78, 5) is 24.1. The van der Waals surface area contributed by atoms with Crippen LogP contribution in [0.25, 0.3) is 0 Å². The van der Waals surface area contributed by atoms with Gasteiger partial charge >= 0.3 is 5.97 Å². The molecule has 0 bridgehead atoms. The van der Waals surface area contributed by atoms with Gasteiger partial charge in [0.15, 0.2) is 6.61 Å². The summed E-state index contributed by atoms with van der Waals surface area (Å²) in [7, 11) is -2.22. The summed E-state index contributed by atoms with van der Waals surface area (Å²) < 4.78 is 55.6. The molecule has 0 aliphatic carbocycles. The predicted octanol–water partition coefficient (Wildman–Crippen LogP) is 3.02. The van der Waals surface area contributed by atoms with Gasteiger partial charge in [0.05, 0.1) is 10.6 Å². The number of carbonyl (C=O) groups excluding carboxylic acids is 2. The lowest BCUT2D eigenvalue weighted by molar-refractivity contribution is -0.147. The molecule has 0 saturated heterocycles. The average molecular weight is 459 g/mol. The Morgan fingerprint density at radius 1 is 1.10 bits per heavy atom. The van der Waals surface area contributed by atoms with Crippen molar-refractivity contribution in [2.75, 3.05) is 19.0 Å². The molecular weight excluding hydrogens is 438 g/mol. The molecule has 0 aromatic heterocycles. The van der Waals surface area contributed by atoms with E-state index in [1.807, 2.05) is 0 Å². The summed E-state index contributed by atoms with van der Waals surface area (Å²) in [6.45, 7) is -0.550. The van der Waals surface area contributed by atoms with Gasteiger partial charge in [-0.05, 0) is 43.3 Å². The van der Waals surface area contributed by atoms with E-state index in [1.54, 1.807) is 24.3 Å². The first-order chi connectivity index (χ1) is 14.2. The van der Waals surface area contributed by atoms with Crippen molar-refractivity contribution in [3.8, 4) is 0 Å². The number of alkyl halides is 2. The number of aryl methyl sites for hydroxylation is 1. The summed E-state index contributed by atoms with van der Waals surface area (Å²) in [5.74, 6) is -3.90. The van der Waals surface area contributed by atoms with Crippen LogP contribution in [-0.4, -0.2) is 39.7 Å². The van der Waals surface area contributed by atoms with Crippen molar-refractivity contribution in [2.24, 2.45) is 0 Å². The number of hydrogen-bond donors (Lipinski definition) is 2. The van der Waals surface area contributed by atoms with Gasteiger partial charge < -0.3 is 10.1 Å². The number of anilines is 1. The molecule has 7 nitrogen and oxygen atoms in total. The Morgan fingerprint density at radius 3 is 2.40 bits per heavy atom. The minimum atomic E-state index is -3.53.